The van der Waals surface area contributed by atoms with Gasteiger partial charge in [0, 0.05) is 11.4 Å². The van der Waals surface area contributed by atoms with Gasteiger partial charge in [-0.3, -0.25) is 0 Å². The number of hydrogen-bond donors (Lipinski definition) is 1. The normalized spacial score (nSPS) is 10.7. The Labute approximate surface area is 94.5 Å². The van der Waals surface area contributed by atoms with E-state index in [1.54, 1.807) is 11.3 Å². The number of thioether (sulfide) groups is 1. The van der Waals surface area contributed by atoms with Gasteiger partial charge in [0.25, 0.3) is 0 Å². The summed E-state index contributed by atoms with van der Waals surface area (Å²) in [4.78, 5) is 5.65. The van der Waals surface area contributed by atoms with Gasteiger partial charge in [-0.1, -0.05) is 0 Å². The zero-order chi connectivity index (χ0) is 10.2. The van der Waals surface area contributed by atoms with Crippen molar-refractivity contribution in [1.82, 2.24) is 10.3 Å². The molecule has 0 radical (unpaired) electrons. The van der Waals surface area contributed by atoms with Gasteiger partial charge in [0.05, 0.1) is 11.2 Å². The summed E-state index contributed by atoms with van der Waals surface area (Å²) in [5, 5.41) is 3.45. The van der Waals surface area contributed by atoms with Crippen molar-refractivity contribution >= 4 is 23.1 Å². The van der Waals surface area contributed by atoms with Crippen molar-refractivity contribution in [2.45, 2.75) is 19.8 Å². The molecule has 1 rings (SSSR count). The lowest BCUT2D eigenvalue weighted by Crippen LogP contribution is -2.18. The Morgan fingerprint density at radius 3 is 3.00 bits per heavy atom. The van der Waals surface area contributed by atoms with E-state index in [4.69, 9.17) is 0 Å². The lowest BCUT2D eigenvalue weighted by atomic mass is 10.3. The topological polar surface area (TPSA) is 24.9 Å². The van der Waals surface area contributed by atoms with Crippen molar-refractivity contribution in [3.8, 4) is 0 Å². The first-order valence-electron chi connectivity index (χ1n) is 4.93. The Morgan fingerprint density at radius 1 is 1.50 bits per heavy atom. The molecule has 1 N–H and O–H groups in total. The highest BCUT2D eigenvalue weighted by molar-refractivity contribution is 7.98. The van der Waals surface area contributed by atoms with E-state index in [1.807, 2.05) is 17.3 Å². The molecule has 1 heterocycles. The molecule has 0 bridgehead atoms. The molecule has 0 saturated carbocycles. The summed E-state index contributed by atoms with van der Waals surface area (Å²) in [5.74, 6) is 1.26. The van der Waals surface area contributed by atoms with Gasteiger partial charge in [-0.2, -0.15) is 11.8 Å². The highest BCUT2D eigenvalue weighted by Gasteiger charge is 1.99. The summed E-state index contributed by atoms with van der Waals surface area (Å²) in [6.45, 7) is 4.30. The van der Waals surface area contributed by atoms with Crippen molar-refractivity contribution in [3.05, 3.63) is 16.1 Å². The van der Waals surface area contributed by atoms with Gasteiger partial charge in [0.15, 0.2) is 0 Å². The van der Waals surface area contributed by atoms with Gasteiger partial charge in [-0.15, -0.1) is 11.3 Å². The van der Waals surface area contributed by atoms with Gasteiger partial charge in [-0.25, -0.2) is 4.98 Å². The summed E-state index contributed by atoms with van der Waals surface area (Å²) in [7, 11) is 0. The maximum Gasteiger partial charge on any atom is 0.0797 e. The van der Waals surface area contributed by atoms with Crippen molar-refractivity contribution in [2.24, 2.45) is 0 Å². The second-order valence-electron chi connectivity index (χ2n) is 3.21. The Morgan fingerprint density at radius 2 is 2.36 bits per heavy atom. The molecular formula is C10H18N2S2. The van der Waals surface area contributed by atoms with Crippen molar-refractivity contribution in [3.63, 3.8) is 0 Å². The minimum atomic E-state index is 1.08. The standard InChI is InChI=1S/C10H18N2S2/c1-9-10(14-8-12-9)4-6-11-5-3-7-13-2/h8,11H,3-7H2,1-2H3. The third-order valence-electron chi connectivity index (χ3n) is 2.08. The predicted molar refractivity (Wildman–Crippen MR) is 66.4 cm³/mol. The van der Waals surface area contributed by atoms with Crippen LogP contribution >= 0.6 is 23.1 Å². The van der Waals surface area contributed by atoms with Crippen LogP contribution in [0.3, 0.4) is 0 Å². The molecule has 0 unspecified atom stereocenters. The Balaban J connectivity index is 2.02. The molecule has 80 valence electrons. The van der Waals surface area contributed by atoms with Gasteiger partial charge >= 0.3 is 0 Å². The van der Waals surface area contributed by atoms with E-state index < -0.39 is 0 Å². The van der Waals surface area contributed by atoms with E-state index in [1.165, 1.54) is 22.7 Å². The van der Waals surface area contributed by atoms with Crippen LogP contribution in [0.1, 0.15) is 17.0 Å². The first-order valence-corrected chi connectivity index (χ1v) is 7.20. The van der Waals surface area contributed by atoms with Crippen LogP contribution in [0.4, 0.5) is 0 Å². The smallest absolute Gasteiger partial charge is 0.0797 e. The summed E-state index contributed by atoms with van der Waals surface area (Å²) in [5.41, 5.74) is 3.12. The van der Waals surface area contributed by atoms with E-state index >= 15 is 0 Å². The minimum absolute atomic E-state index is 1.08. The molecule has 0 fully saturated rings. The molecule has 0 saturated heterocycles. The first-order chi connectivity index (χ1) is 6.84. The molecule has 0 aliphatic rings. The maximum atomic E-state index is 4.23. The molecule has 4 heteroatoms. The number of aryl methyl sites for hydroxylation is 1. The van der Waals surface area contributed by atoms with Crippen LogP contribution in [0, 0.1) is 6.92 Å². The van der Waals surface area contributed by atoms with Gasteiger partial charge in [0.2, 0.25) is 0 Å². The van der Waals surface area contributed by atoms with Gasteiger partial charge in [-0.05, 0) is 38.3 Å². The number of nitrogens with one attached hydrogen (secondary N) is 1. The molecule has 14 heavy (non-hydrogen) atoms. The van der Waals surface area contributed by atoms with Crippen LogP contribution in [0.15, 0.2) is 5.51 Å². The minimum Gasteiger partial charge on any atom is -0.316 e. The lowest BCUT2D eigenvalue weighted by Gasteiger charge is -2.02. The summed E-state index contributed by atoms with van der Waals surface area (Å²) < 4.78 is 0. The van der Waals surface area contributed by atoms with E-state index in [0.717, 1.165) is 19.5 Å². The second kappa shape index (κ2) is 7.26. The Hall–Kier alpha value is -0.0600. The third-order valence-corrected chi connectivity index (χ3v) is 3.77. The maximum absolute atomic E-state index is 4.23. The second-order valence-corrected chi connectivity index (χ2v) is 5.13. The lowest BCUT2D eigenvalue weighted by molar-refractivity contribution is 0.676. The highest BCUT2D eigenvalue weighted by atomic mass is 32.2. The SMILES string of the molecule is CSCCCNCCc1scnc1C. The quantitative estimate of drug-likeness (QED) is 0.728. The van der Waals surface area contributed by atoms with E-state index in [-0.39, 0.29) is 0 Å². The van der Waals surface area contributed by atoms with E-state index in [2.05, 4.69) is 23.5 Å². The molecule has 0 aromatic carbocycles. The fraction of sp³-hybridized carbons (Fsp3) is 0.700. The third kappa shape index (κ3) is 4.44. The number of nitrogens with zero attached hydrogens (tertiary/aromatic N) is 1. The number of rotatable bonds is 7. The summed E-state index contributed by atoms with van der Waals surface area (Å²) >= 11 is 3.67. The van der Waals surface area contributed by atoms with Crippen LogP contribution < -0.4 is 5.32 Å². The number of thiazole rings is 1. The molecule has 0 spiro atoms. The van der Waals surface area contributed by atoms with Crippen LogP contribution in [-0.4, -0.2) is 30.1 Å². The average Bonchev–Trinajstić information content (AvgIpc) is 2.58. The summed E-state index contributed by atoms with van der Waals surface area (Å²) in [6.07, 6.45) is 4.54. The highest BCUT2D eigenvalue weighted by Crippen LogP contribution is 2.11. The molecule has 1 aromatic rings. The van der Waals surface area contributed by atoms with Gasteiger partial charge < -0.3 is 5.32 Å². The molecule has 0 atom stereocenters. The number of aromatic nitrogens is 1. The van der Waals surface area contributed by atoms with E-state index in [9.17, 15) is 0 Å². The Kier molecular flexibility index (Phi) is 6.23. The van der Waals surface area contributed by atoms with E-state index in [0.29, 0.717) is 0 Å². The predicted octanol–water partition coefficient (Wildman–Crippen LogP) is 2.34. The molecule has 1 aromatic heterocycles. The molecule has 0 amide bonds. The van der Waals surface area contributed by atoms with Crippen molar-refractivity contribution in [1.29, 1.82) is 0 Å². The van der Waals surface area contributed by atoms with Crippen LogP contribution in [0.25, 0.3) is 0 Å². The van der Waals surface area contributed by atoms with Crippen molar-refractivity contribution in [2.75, 3.05) is 25.1 Å². The fourth-order valence-electron chi connectivity index (χ4n) is 1.23. The Bertz CT molecular complexity index is 248. The molecule has 0 aliphatic heterocycles. The zero-order valence-corrected chi connectivity index (χ0v) is 10.5. The van der Waals surface area contributed by atoms with Gasteiger partial charge in [0.1, 0.15) is 0 Å². The van der Waals surface area contributed by atoms with Crippen molar-refractivity contribution < 1.29 is 0 Å². The number of hydrogen-bond acceptors (Lipinski definition) is 4. The largest absolute Gasteiger partial charge is 0.316 e. The fourth-order valence-corrected chi connectivity index (χ4v) is 2.45. The first kappa shape index (κ1) is 12.0. The van der Waals surface area contributed by atoms with Crippen LogP contribution in [0.5, 0.6) is 0 Å². The zero-order valence-electron chi connectivity index (χ0n) is 8.88. The molecular weight excluding hydrogens is 212 g/mol. The van der Waals surface area contributed by atoms with Crippen LogP contribution in [-0.2, 0) is 6.42 Å². The molecule has 2 nitrogen and oxygen atoms in total. The average molecular weight is 230 g/mol. The van der Waals surface area contributed by atoms with Crippen LogP contribution in [0.2, 0.25) is 0 Å². The molecule has 0 aliphatic carbocycles. The monoisotopic (exact) mass is 230 g/mol. The summed E-state index contributed by atoms with van der Waals surface area (Å²) in [6, 6.07) is 0.